The number of carboxylic acids is 1. The summed E-state index contributed by atoms with van der Waals surface area (Å²) >= 11 is 1.49. The first kappa shape index (κ1) is 109. The van der Waals surface area contributed by atoms with E-state index in [0.717, 1.165) is 0 Å². The minimum absolute atomic E-state index is 0.0223. The van der Waals surface area contributed by atoms with Gasteiger partial charge in [-0.3, -0.25) is 67.1 Å². The fourth-order valence-electron chi connectivity index (χ4n) is 13.3. The highest BCUT2D eigenvalue weighted by Crippen LogP contribution is 2.19. The Bertz CT molecular complexity index is 3880. The van der Waals surface area contributed by atoms with Gasteiger partial charge in [0.25, 0.3) is 0 Å². The topological polar surface area (TPSA) is 647 Å². The van der Waals surface area contributed by atoms with Crippen LogP contribution in [0, 0.1) is 35.5 Å². The number of aromatic nitrogens is 4. The molecule has 3 rings (SSSR count). The van der Waals surface area contributed by atoms with E-state index in [-0.39, 0.29) is 94.9 Å². The summed E-state index contributed by atoms with van der Waals surface area (Å²) in [5.74, 6) is -15.6. The van der Waals surface area contributed by atoms with Gasteiger partial charge in [-0.1, -0.05) is 108 Å². The second kappa shape index (κ2) is 57.3. The van der Waals surface area contributed by atoms with Crippen molar-refractivity contribution in [3.63, 3.8) is 0 Å². The molecule has 17 atom stereocenters. The van der Waals surface area contributed by atoms with E-state index < -0.39 is 210 Å². The Morgan fingerprint density at radius 2 is 0.720 bits per heavy atom. The fourth-order valence-corrected chi connectivity index (χ4v) is 13.8. The van der Waals surface area contributed by atoms with Crippen molar-refractivity contribution in [3.8, 4) is 5.75 Å². The van der Waals surface area contributed by atoms with E-state index >= 15 is 0 Å². The number of nitrogens with one attached hydrogen (secondary N) is 16. The van der Waals surface area contributed by atoms with Crippen LogP contribution in [0.3, 0.4) is 0 Å². The molecule has 41 heteroatoms. The van der Waals surface area contributed by atoms with Crippen LogP contribution >= 0.6 is 11.8 Å². The molecular weight excluding hydrogens is 1640 g/mol. The minimum atomic E-state index is -1.75. The van der Waals surface area contributed by atoms with Gasteiger partial charge in [0.2, 0.25) is 82.7 Å². The smallest absolute Gasteiger partial charge is 0.326 e. The summed E-state index contributed by atoms with van der Waals surface area (Å²) in [6, 6.07) is -14.5. The number of carboxylic acid groups (broad SMARTS) is 1. The number of phenols is 1. The van der Waals surface area contributed by atoms with E-state index in [0.29, 0.717) is 74.2 Å². The molecule has 2 heterocycles. The van der Waals surface area contributed by atoms with Gasteiger partial charge >= 0.3 is 5.97 Å². The number of unbranched alkanes of at least 4 members (excludes halogenated alkanes) is 3. The predicted molar refractivity (Wildman–Crippen MR) is 471 cm³/mol. The molecule has 1 aromatic carbocycles. The lowest BCUT2D eigenvalue weighted by Crippen LogP contribution is -2.62. The van der Waals surface area contributed by atoms with Gasteiger partial charge in [0.15, 0.2) is 0 Å². The number of H-pyrrole nitrogens is 2. The Morgan fingerprint density at radius 3 is 1.10 bits per heavy atom. The largest absolute Gasteiger partial charge is 0.508 e. The van der Waals surface area contributed by atoms with Gasteiger partial charge < -0.3 is 123 Å². The van der Waals surface area contributed by atoms with Crippen LogP contribution in [-0.2, 0) is 91.2 Å². The third-order valence-corrected chi connectivity index (χ3v) is 21.9. The Labute approximate surface area is 737 Å². The summed E-state index contributed by atoms with van der Waals surface area (Å²) in [4.78, 5) is 227. The van der Waals surface area contributed by atoms with Crippen LogP contribution in [0.15, 0.2) is 49.3 Å². The quantitative estimate of drug-likeness (QED) is 0.0293. The first-order valence-corrected chi connectivity index (χ1v) is 44.7. The van der Waals surface area contributed by atoms with Crippen molar-refractivity contribution in [2.75, 3.05) is 38.2 Å². The maximum atomic E-state index is 14.9. The van der Waals surface area contributed by atoms with E-state index in [1.165, 1.54) is 68.0 Å². The zero-order valence-corrected chi connectivity index (χ0v) is 75.7. The van der Waals surface area contributed by atoms with Gasteiger partial charge in [-0.05, 0) is 169 Å². The summed E-state index contributed by atoms with van der Waals surface area (Å²) in [5.41, 5.74) is 24.7. The summed E-state index contributed by atoms with van der Waals surface area (Å²) < 4.78 is 0. The summed E-state index contributed by atoms with van der Waals surface area (Å²) in [5, 5.41) is 68.2. The van der Waals surface area contributed by atoms with Crippen LogP contribution in [0.2, 0.25) is 0 Å². The fraction of sp³-hybridized carbons (Fsp3) is 0.679. The molecule has 125 heavy (non-hydrogen) atoms. The van der Waals surface area contributed by atoms with Crippen molar-refractivity contribution in [3.05, 3.63) is 66.3 Å². The van der Waals surface area contributed by atoms with Crippen molar-refractivity contribution >= 4 is 100 Å². The maximum absolute atomic E-state index is 14.9. The van der Waals surface area contributed by atoms with Crippen molar-refractivity contribution < 1.29 is 87.2 Å². The second-order valence-electron chi connectivity index (χ2n) is 33.4. The minimum Gasteiger partial charge on any atom is -0.508 e. The Morgan fingerprint density at radius 1 is 0.392 bits per heavy atom. The standard InChI is InChI=1S/C84H142N22O18S/c1-15-49(11)68(105-77(116)63(38-53-40-89-43-91-53)98-71(110)56(88)30-34-125-14)82(121)101-62(37-52-26-28-55(108)29-27-52)76(115)103-67(48(9)10)81(120)95-58(24-18-21-32-86)73(112)99-61(36-46(5)6)75(114)100-64(39-54-41-90-44-92-54)78(117)106-69(50(12)16-2)83(122)102-65(42-107)79(118)104-66(47(7)8)80(119)93-51(13)70(109)97-60(35-45(3)4)74(113)94-57(23-17-20-31-85)72(111)96-59(84(123)124)25-19-22-33-87/h26-29,40-41,43-51,56-69,107-108H,15-25,30-39,42,85-88H2,1-14H3,(H,89,91)(H,90,92)(H,93,119)(H,94,113)(H,95,120)(H,96,111)(H,97,109)(H,98,110)(H,99,112)(H,100,114)(H,101,121)(H,102,122)(H,103,115)(H,104,118)(H,105,116)(H,106,117)(H,123,124)/t49-,50-,51-,56-,57-,58-,59-,60-,61-,62-,63-,64-,65-,66-,67-,68-,69-/m0/s1. The highest BCUT2D eigenvalue weighted by molar-refractivity contribution is 7.98. The maximum Gasteiger partial charge on any atom is 0.326 e. The van der Waals surface area contributed by atoms with E-state index in [2.05, 4.69) is 94.4 Å². The lowest BCUT2D eigenvalue weighted by molar-refractivity contribution is -0.142. The van der Waals surface area contributed by atoms with E-state index in [1.54, 1.807) is 83.1 Å². The summed E-state index contributed by atoms with van der Waals surface area (Å²) in [6.45, 7) is 21.5. The average Bonchev–Trinajstić information content (AvgIpc) is 1.25. The van der Waals surface area contributed by atoms with Crippen LogP contribution in [-0.4, -0.2) is 253 Å². The van der Waals surface area contributed by atoms with Crippen LogP contribution in [0.4, 0.5) is 0 Å². The number of carbonyl (C=O) groups excluding carboxylic acids is 14. The monoisotopic (exact) mass is 1780 g/mol. The van der Waals surface area contributed by atoms with Gasteiger partial charge in [-0.15, -0.1) is 0 Å². The van der Waals surface area contributed by atoms with Crippen LogP contribution < -0.4 is 97.4 Å². The average molecular weight is 1780 g/mol. The molecule has 0 spiro atoms. The molecule has 0 radical (unpaired) electrons. The number of imidazole rings is 2. The number of benzene rings is 1. The molecule has 27 N–H and O–H groups in total. The molecule has 0 unspecified atom stereocenters. The zero-order chi connectivity index (χ0) is 93.7. The number of hydrogen-bond acceptors (Lipinski definition) is 24. The molecule has 0 aliphatic rings. The van der Waals surface area contributed by atoms with Gasteiger partial charge in [-0.25, -0.2) is 14.8 Å². The van der Waals surface area contributed by atoms with Gasteiger partial charge in [0.1, 0.15) is 90.3 Å². The normalized spacial score (nSPS) is 15.5. The Hall–Kier alpha value is -10.4. The number of phenolic OH excluding ortho intramolecular Hbond substituents is 1. The van der Waals surface area contributed by atoms with Crippen molar-refractivity contribution in [2.24, 2.45) is 58.4 Å². The molecule has 2 aromatic heterocycles. The van der Waals surface area contributed by atoms with Crippen molar-refractivity contribution in [1.82, 2.24) is 94.4 Å². The number of aromatic hydroxyl groups is 1. The van der Waals surface area contributed by atoms with E-state index in [9.17, 15) is 87.2 Å². The van der Waals surface area contributed by atoms with Gasteiger partial charge in [0, 0.05) is 43.0 Å². The molecule has 0 saturated carbocycles. The number of nitrogens with zero attached hydrogens (tertiary/aromatic N) is 2. The molecule has 0 aliphatic heterocycles. The SMILES string of the molecule is CC[C@H](C)[C@H](NC(=O)[C@H](Cc1cnc[nH]1)NC(=O)[C@H](CC(C)C)NC(=O)[C@H](CCCCN)NC(=O)[C@@H](NC(=O)[C@H](Cc1ccc(O)cc1)NC(=O)[C@@H](NC(=O)[C@H](Cc1cnc[nH]1)NC(=O)[C@@H](N)CCSC)[C@@H](C)CC)C(C)C)C(=O)N[C@@H](CO)C(=O)N[C@H](C(=O)N[C@@H](C)C(=O)N[C@@H](CC(C)C)C(=O)N[C@@H](CCCCN)C(=O)N[C@@H](CCCCN)C(=O)O)C(C)C. The molecule has 0 fully saturated rings. The van der Waals surface area contributed by atoms with Gasteiger partial charge in [0.05, 0.1) is 25.3 Å². The third-order valence-electron chi connectivity index (χ3n) is 21.3. The molecule has 3 aromatic rings. The van der Waals surface area contributed by atoms with Crippen LogP contribution in [0.1, 0.15) is 197 Å². The molecule has 702 valence electrons. The van der Waals surface area contributed by atoms with Crippen LogP contribution in [0.5, 0.6) is 5.75 Å². The molecule has 0 aliphatic carbocycles. The molecule has 40 nitrogen and oxygen atoms in total. The molecular formula is C84H142N22O18S. The number of thioether (sulfide) groups is 1. The summed E-state index contributed by atoms with van der Waals surface area (Å²) in [7, 11) is 0. The number of carbonyl (C=O) groups is 15. The lowest BCUT2D eigenvalue weighted by atomic mass is 9.96. The van der Waals surface area contributed by atoms with Gasteiger partial charge in [-0.2, -0.15) is 11.8 Å². The number of rotatable bonds is 61. The number of aromatic amines is 2. The summed E-state index contributed by atoms with van der Waals surface area (Å²) in [6.07, 6.45) is 10.6. The molecule has 0 saturated heterocycles. The third kappa shape index (κ3) is 39.0. The highest BCUT2D eigenvalue weighted by atomic mass is 32.2. The van der Waals surface area contributed by atoms with E-state index in [1.807, 2.05) is 6.26 Å². The first-order valence-electron chi connectivity index (χ1n) is 43.3. The van der Waals surface area contributed by atoms with Crippen molar-refractivity contribution in [1.29, 1.82) is 0 Å². The van der Waals surface area contributed by atoms with E-state index in [4.69, 9.17) is 22.9 Å². The lowest BCUT2D eigenvalue weighted by Gasteiger charge is -2.31. The highest BCUT2D eigenvalue weighted by Gasteiger charge is 2.41. The zero-order valence-electron chi connectivity index (χ0n) is 74.9. The molecule has 0 bridgehead atoms. The number of aliphatic hydroxyl groups excluding tert-OH is 1. The van der Waals surface area contributed by atoms with Crippen LogP contribution in [0.25, 0.3) is 0 Å². The number of hydrogen-bond donors (Lipinski definition) is 23. The van der Waals surface area contributed by atoms with Crippen molar-refractivity contribution in [2.45, 2.75) is 290 Å². The second-order valence-corrected chi connectivity index (χ2v) is 34.4. The number of aliphatic hydroxyl groups is 1. The molecule has 14 amide bonds. The Balaban J connectivity index is 1.91. The first-order chi connectivity index (χ1) is 59.2. The Kier molecular flexibility index (Phi) is 49.9. The number of amides is 14. The number of aliphatic carboxylic acids is 1. The number of nitrogens with two attached hydrogens (primary N) is 4. The predicted octanol–water partition coefficient (Wildman–Crippen LogP) is -1.29.